The Balaban J connectivity index is 1.54. The van der Waals surface area contributed by atoms with Gasteiger partial charge >= 0.3 is 18.0 Å². The van der Waals surface area contributed by atoms with Crippen LogP contribution in [-0.2, 0) is 20.8 Å². The standard InChI is InChI=1S/C30H27ClN2O5/c1-37-28(34)15-16-33(30(36)32-19-20-7-8-23-18-24(31)12-9-22(23)17-20)25-13-10-21(11-14-25)26-5-3-4-6-27(26)29(35)38-2/h3-14,17-18H,15-16,19H2,1-2H3,(H,32,36). The van der Waals surface area contributed by atoms with Gasteiger partial charge in [0.1, 0.15) is 0 Å². The molecule has 1 N–H and O–H groups in total. The summed E-state index contributed by atoms with van der Waals surface area (Å²) in [5, 5.41) is 5.64. The number of ether oxygens (including phenoxy) is 2. The van der Waals surface area contributed by atoms with E-state index in [2.05, 4.69) is 5.32 Å². The highest BCUT2D eigenvalue weighted by molar-refractivity contribution is 6.31. The molecule has 2 amide bonds. The third-order valence-corrected chi connectivity index (χ3v) is 6.38. The number of halogens is 1. The number of rotatable bonds is 8. The number of hydrogen-bond acceptors (Lipinski definition) is 5. The van der Waals surface area contributed by atoms with Gasteiger partial charge in [0.25, 0.3) is 0 Å². The molecule has 0 saturated heterocycles. The molecule has 0 radical (unpaired) electrons. The molecule has 4 aromatic rings. The summed E-state index contributed by atoms with van der Waals surface area (Å²) in [4.78, 5) is 38.8. The molecule has 0 atom stereocenters. The molecule has 0 spiro atoms. The lowest BCUT2D eigenvalue weighted by Gasteiger charge is -2.23. The quantitative estimate of drug-likeness (QED) is 0.273. The molecule has 38 heavy (non-hydrogen) atoms. The Labute approximate surface area is 225 Å². The van der Waals surface area contributed by atoms with E-state index >= 15 is 0 Å². The molecule has 0 aliphatic heterocycles. The molecule has 0 unspecified atom stereocenters. The molecule has 8 heteroatoms. The van der Waals surface area contributed by atoms with Crippen LogP contribution >= 0.6 is 11.6 Å². The van der Waals surface area contributed by atoms with Gasteiger partial charge in [0, 0.05) is 23.8 Å². The van der Waals surface area contributed by atoms with Gasteiger partial charge in [-0.2, -0.15) is 0 Å². The third-order valence-electron chi connectivity index (χ3n) is 6.15. The Hall–Kier alpha value is -4.36. The first-order valence-electron chi connectivity index (χ1n) is 12.0. The first-order chi connectivity index (χ1) is 18.4. The van der Waals surface area contributed by atoms with Crippen LogP contribution in [0.5, 0.6) is 0 Å². The predicted octanol–water partition coefficient (Wildman–Crippen LogP) is 6.23. The van der Waals surface area contributed by atoms with Crippen molar-refractivity contribution in [3.63, 3.8) is 0 Å². The third kappa shape index (κ3) is 6.30. The summed E-state index contributed by atoms with van der Waals surface area (Å²) in [7, 11) is 2.65. The molecular formula is C30H27ClN2O5. The topological polar surface area (TPSA) is 84.9 Å². The zero-order valence-corrected chi connectivity index (χ0v) is 21.8. The largest absolute Gasteiger partial charge is 0.469 e. The number of methoxy groups -OCH3 is 2. The molecule has 0 aliphatic rings. The van der Waals surface area contributed by atoms with Gasteiger partial charge in [-0.1, -0.05) is 60.1 Å². The number of nitrogens with one attached hydrogen (secondary N) is 1. The lowest BCUT2D eigenvalue weighted by Crippen LogP contribution is -2.41. The number of amides is 2. The predicted molar refractivity (Wildman–Crippen MR) is 148 cm³/mol. The van der Waals surface area contributed by atoms with E-state index in [0.29, 0.717) is 28.4 Å². The molecule has 0 heterocycles. The summed E-state index contributed by atoms with van der Waals surface area (Å²) in [6.07, 6.45) is 0.0353. The van der Waals surface area contributed by atoms with Crippen LogP contribution < -0.4 is 10.2 Å². The number of carbonyl (C=O) groups excluding carboxylic acids is 3. The van der Waals surface area contributed by atoms with Crippen LogP contribution in [0.15, 0.2) is 84.9 Å². The Kier molecular flexibility index (Phi) is 8.61. The van der Waals surface area contributed by atoms with Crippen LogP contribution in [0.4, 0.5) is 10.5 Å². The molecule has 0 fully saturated rings. The van der Waals surface area contributed by atoms with Crippen molar-refractivity contribution >= 4 is 46.0 Å². The summed E-state index contributed by atoms with van der Waals surface area (Å²) in [5.74, 6) is -0.847. The van der Waals surface area contributed by atoms with Gasteiger partial charge in [0.2, 0.25) is 0 Å². The van der Waals surface area contributed by atoms with E-state index in [1.807, 2.05) is 60.7 Å². The Morgan fingerprint density at radius 2 is 1.55 bits per heavy atom. The maximum Gasteiger partial charge on any atom is 0.338 e. The Bertz CT molecular complexity index is 1470. The fraction of sp³-hybridized carbons (Fsp3) is 0.167. The monoisotopic (exact) mass is 530 g/mol. The van der Waals surface area contributed by atoms with Gasteiger partial charge < -0.3 is 14.8 Å². The molecule has 0 aliphatic carbocycles. The number of hydrogen-bond donors (Lipinski definition) is 1. The number of fused-ring (bicyclic) bond motifs is 1. The summed E-state index contributed by atoms with van der Waals surface area (Å²) in [6.45, 7) is 0.434. The average Bonchev–Trinajstić information content (AvgIpc) is 2.95. The van der Waals surface area contributed by atoms with Crippen molar-refractivity contribution < 1.29 is 23.9 Å². The van der Waals surface area contributed by atoms with Crippen LogP contribution in [0.1, 0.15) is 22.3 Å². The van der Waals surface area contributed by atoms with Crippen LogP contribution in [-0.4, -0.2) is 38.7 Å². The summed E-state index contributed by atoms with van der Waals surface area (Å²) in [5.41, 5.74) is 3.48. The molecule has 7 nitrogen and oxygen atoms in total. The lowest BCUT2D eigenvalue weighted by molar-refractivity contribution is -0.140. The SMILES string of the molecule is COC(=O)CCN(C(=O)NCc1ccc2cc(Cl)ccc2c1)c1ccc(-c2ccccc2C(=O)OC)cc1. The van der Waals surface area contributed by atoms with Crippen molar-refractivity contribution in [2.24, 2.45) is 0 Å². The zero-order valence-electron chi connectivity index (χ0n) is 21.1. The maximum absolute atomic E-state index is 13.2. The van der Waals surface area contributed by atoms with Crippen molar-refractivity contribution in [2.45, 2.75) is 13.0 Å². The molecule has 0 bridgehead atoms. The summed E-state index contributed by atoms with van der Waals surface area (Å²) < 4.78 is 9.67. The number of carbonyl (C=O) groups is 3. The number of esters is 2. The highest BCUT2D eigenvalue weighted by atomic mass is 35.5. The van der Waals surface area contributed by atoms with Gasteiger partial charge in [0.05, 0.1) is 26.2 Å². The first kappa shape index (κ1) is 26.7. The van der Waals surface area contributed by atoms with E-state index in [1.165, 1.54) is 19.1 Å². The van der Waals surface area contributed by atoms with Crippen molar-refractivity contribution in [3.05, 3.63) is 101 Å². The fourth-order valence-electron chi connectivity index (χ4n) is 4.15. The van der Waals surface area contributed by atoms with Crippen molar-refractivity contribution in [1.29, 1.82) is 0 Å². The molecule has 194 valence electrons. The normalized spacial score (nSPS) is 10.6. The molecule has 0 saturated carbocycles. The molecule has 4 aromatic carbocycles. The minimum atomic E-state index is -0.430. The lowest BCUT2D eigenvalue weighted by atomic mass is 9.99. The number of urea groups is 1. The van der Waals surface area contributed by atoms with E-state index in [4.69, 9.17) is 21.1 Å². The van der Waals surface area contributed by atoms with Crippen LogP contribution in [0.2, 0.25) is 5.02 Å². The molecular weight excluding hydrogens is 504 g/mol. The van der Waals surface area contributed by atoms with Crippen LogP contribution in [0.25, 0.3) is 21.9 Å². The Morgan fingerprint density at radius 1 is 0.842 bits per heavy atom. The van der Waals surface area contributed by atoms with Gasteiger partial charge in [-0.3, -0.25) is 9.69 Å². The van der Waals surface area contributed by atoms with Crippen LogP contribution in [0, 0.1) is 0 Å². The van der Waals surface area contributed by atoms with E-state index < -0.39 is 11.9 Å². The molecule has 4 rings (SSSR count). The highest BCUT2D eigenvalue weighted by Crippen LogP contribution is 2.27. The van der Waals surface area contributed by atoms with Gasteiger partial charge in [-0.25, -0.2) is 9.59 Å². The van der Waals surface area contributed by atoms with E-state index in [1.54, 1.807) is 24.3 Å². The van der Waals surface area contributed by atoms with E-state index in [-0.39, 0.29) is 19.0 Å². The second kappa shape index (κ2) is 12.3. The van der Waals surface area contributed by atoms with Crippen molar-refractivity contribution in [2.75, 3.05) is 25.7 Å². The van der Waals surface area contributed by atoms with E-state index in [9.17, 15) is 14.4 Å². The smallest absolute Gasteiger partial charge is 0.338 e. The number of anilines is 1. The van der Waals surface area contributed by atoms with Crippen molar-refractivity contribution in [1.82, 2.24) is 5.32 Å². The summed E-state index contributed by atoms with van der Waals surface area (Å²) in [6, 6.07) is 25.5. The number of benzene rings is 4. The minimum absolute atomic E-state index is 0.0353. The summed E-state index contributed by atoms with van der Waals surface area (Å²) >= 11 is 6.07. The first-order valence-corrected chi connectivity index (χ1v) is 12.4. The highest BCUT2D eigenvalue weighted by Gasteiger charge is 2.19. The van der Waals surface area contributed by atoms with Crippen LogP contribution in [0.3, 0.4) is 0 Å². The van der Waals surface area contributed by atoms with Gasteiger partial charge in [-0.05, 0) is 63.9 Å². The second-order valence-electron chi connectivity index (χ2n) is 8.55. The van der Waals surface area contributed by atoms with Crippen molar-refractivity contribution in [3.8, 4) is 11.1 Å². The van der Waals surface area contributed by atoms with Gasteiger partial charge in [-0.15, -0.1) is 0 Å². The average molecular weight is 531 g/mol. The molecule has 0 aromatic heterocycles. The Morgan fingerprint density at radius 3 is 2.29 bits per heavy atom. The maximum atomic E-state index is 13.2. The second-order valence-corrected chi connectivity index (χ2v) is 8.98. The van der Waals surface area contributed by atoms with Gasteiger partial charge in [0.15, 0.2) is 0 Å². The number of nitrogens with zero attached hydrogens (tertiary/aromatic N) is 1. The zero-order chi connectivity index (χ0) is 27.1. The minimum Gasteiger partial charge on any atom is -0.469 e. The fourth-order valence-corrected chi connectivity index (χ4v) is 4.33. The van der Waals surface area contributed by atoms with E-state index in [0.717, 1.165) is 21.9 Å².